The van der Waals surface area contributed by atoms with Crippen LogP contribution in [0.2, 0.25) is 0 Å². The van der Waals surface area contributed by atoms with E-state index in [-0.39, 0.29) is 22.7 Å². The predicted molar refractivity (Wildman–Crippen MR) is 108 cm³/mol. The zero-order valence-corrected chi connectivity index (χ0v) is 17.4. The summed E-state index contributed by atoms with van der Waals surface area (Å²) in [5.74, 6) is -0.0682. The second kappa shape index (κ2) is 8.45. The first-order valence-corrected chi connectivity index (χ1v) is 11.1. The van der Waals surface area contributed by atoms with E-state index in [1.54, 1.807) is 26.0 Å². The molecule has 1 aliphatic carbocycles. The van der Waals surface area contributed by atoms with Crippen molar-refractivity contribution in [3.05, 3.63) is 29.5 Å². The molecule has 1 aromatic carbocycles. The quantitative estimate of drug-likeness (QED) is 0.734. The van der Waals surface area contributed by atoms with Crippen LogP contribution in [0.3, 0.4) is 0 Å². The number of hydrogen-bond donors (Lipinski definition) is 2. The minimum atomic E-state index is -3.66. The Morgan fingerprint density at radius 3 is 2.46 bits per heavy atom. The van der Waals surface area contributed by atoms with Crippen LogP contribution in [0, 0.1) is 13.8 Å². The number of nitrogens with zero attached hydrogens (tertiary/aromatic N) is 1. The maximum atomic E-state index is 13.1. The summed E-state index contributed by atoms with van der Waals surface area (Å²) in [6, 6.07) is 5.17. The molecule has 1 aliphatic rings. The molecule has 28 heavy (non-hydrogen) atoms. The van der Waals surface area contributed by atoms with Gasteiger partial charge in [-0.15, -0.1) is 0 Å². The van der Waals surface area contributed by atoms with Crippen LogP contribution in [0.4, 0.5) is 5.88 Å². The molecule has 1 saturated carbocycles. The summed E-state index contributed by atoms with van der Waals surface area (Å²) in [6.07, 6.45) is 6.15. The Bertz CT molecular complexity index is 958. The molecule has 0 atom stereocenters. The third kappa shape index (κ3) is 4.62. The van der Waals surface area contributed by atoms with Gasteiger partial charge in [-0.05, 0) is 43.9 Å². The Hall–Kier alpha value is -2.19. The highest BCUT2D eigenvalue weighted by Gasteiger charge is 2.24. The largest absolute Gasteiger partial charge is 0.337 e. The van der Waals surface area contributed by atoms with Gasteiger partial charge in [0.25, 0.3) is 0 Å². The summed E-state index contributed by atoms with van der Waals surface area (Å²) >= 11 is 0. The SMILES string of the molecule is CC(=O)Nc1onc(C)c1-c1ccc(C)c(S(=O)(=O)NC2CCCCCC2)c1. The summed E-state index contributed by atoms with van der Waals surface area (Å²) < 4.78 is 34.3. The van der Waals surface area contributed by atoms with E-state index in [9.17, 15) is 13.2 Å². The Balaban J connectivity index is 1.96. The van der Waals surface area contributed by atoms with Crippen molar-refractivity contribution in [2.24, 2.45) is 0 Å². The number of amides is 1. The molecule has 1 heterocycles. The van der Waals surface area contributed by atoms with Gasteiger partial charge in [0, 0.05) is 13.0 Å². The van der Waals surface area contributed by atoms with E-state index < -0.39 is 10.0 Å². The third-order valence-electron chi connectivity index (χ3n) is 5.10. The van der Waals surface area contributed by atoms with Crippen LogP contribution in [-0.4, -0.2) is 25.5 Å². The Morgan fingerprint density at radius 2 is 1.82 bits per heavy atom. The highest BCUT2D eigenvalue weighted by atomic mass is 32.2. The first kappa shape index (κ1) is 20.5. The average molecular weight is 406 g/mol. The van der Waals surface area contributed by atoms with Gasteiger partial charge in [0.05, 0.1) is 16.2 Å². The molecule has 0 bridgehead atoms. The molecular formula is C20H27N3O4S. The minimum Gasteiger partial charge on any atom is -0.337 e. The van der Waals surface area contributed by atoms with Crippen molar-refractivity contribution in [1.29, 1.82) is 0 Å². The lowest BCUT2D eigenvalue weighted by atomic mass is 10.0. The Labute approximate surface area is 165 Å². The second-order valence-corrected chi connectivity index (χ2v) is 9.13. The Kier molecular flexibility index (Phi) is 6.20. The predicted octanol–water partition coefficient (Wildman–Crippen LogP) is 3.92. The number of benzene rings is 1. The van der Waals surface area contributed by atoms with Gasteiger partial charge >= 0.3 is 0 Å². The minimum absolute atomic E-state index is 0.0252. The van der Waals surface area contributed by atoms with E-state index in [1.807, 2.05) is 6.07 Å². The van der Waals surface area contributed by atoms with E-state index in [2.05, 4.69) is 15.2 Å². The number of nitrogens with one attached hydrogen (secondary N) is 2. The maximum absolute atomic E-state index is 13.1. The summed E-state index contributed by atoms with van der Waals surface area (Å²) in [5, 5.41) is 6.51. The number of anilines is 1. The van der Waals surface area contributed by atoms with Crippen LogP contribution in [0.1, 0.15) is 56.7 Å². The van der Waals surface area contributed by atoms with Crippen LogP contribution in [0.5, 0.6) is 0 Å². The molecule has 1 fully saturated rings. The summed E-state index contributed by atoms with van der Waals surface area (Å²) in [6.45, 7) is 4.91. The molecule has 8 heteroatoms. The van der Waals surface area contributed by atoms with Gasteiger partial charge < -0.3 is 4.52 Å². The number of sulfonamides is 1. The highest BCUT2D eigenvalue weighted by Crippen LogP contribution is 2.34. The van der Waals surface area contributed by atoms with Gasteiger partial charge in [-0.3, -0.25) is 10.1 Å². The summed E-state index contributed by atoms with van der Waals surface area (Å²) in [5.41, 5.74) is 2.46. The molecule has 2 aromatic rings. The first-order valence-electron chi connectivity index (χ1n) is 9.65. The van der Waals surface area contributed by atoms with Crippen LogP contribution in [0.15, 0.2) is 27.6 Å². The van der Waals surface area contributed by atoms with Gasteiger partial charge in [-0.2, -0.15) is 0 Å². The summed E-state index contributed by atoms with van der Waals surface area (Å²) in [4.78, 5) is 11.7. The van der Waals surface area contributed by atoms with E-state index >= 15 is 0 Å². The van der Waals surface area contributed by atoms with Crippen molar-refractivity contribution in [2.75, 3.05) is 5.32 Å². The fraction of sp³-hybridized carbons (Fsp3) is 0.500. The number of hydrogen-bond acceptors (Lipinski definition) is 5. The van der Waals surface area contributed by atoms with Gasteiger partial charge in [-0.1, -0.05) is 43.0 Å². The van der Waals surface area contributed by atoms with Gasteiger partial charge in [0.2, 0.25) is 21.8 Å². The molecule has 3 rings (SSSR count). The summed E-state index contributed by atoms with van der Waals surface area (Å²) in [7, 11) is -3.66. The Morgan fingerprint density at radius 1 is 1.14 bits per heavy atom. The smallest absolute Gasteiger partial charge is 0.241 e. The fourth-order valence-corrected chi connectivity index (χ4v) is 5.26. The van der Waals surface area contributed by atoms with E-state index in [0.717, 1.165) is 38.5 Å². The second-order valence-electron chi connectivity index (χ2n) is 7.44. The van der Waals surface area contributed by atoms with E-state index in [4.69, 9.17) is 4.52 Å². The first-order chi connectivity index (χ1) is 13.3. The molecule has 2 N–H and O–H groups in total. The molecule has 0 radical (unpaired) electrons. The van der Waals surface area contributed by atoms with Crippen molar-refractivity contribution in [3.63, 3.8) is 0 Å². The van der Waals surface area contributed by atoms with E-state index in [0.29, 0.717) is 22.4 Å². The van der Waals surface area contributed by atoms with E-state index in [1.165, 1.54) is 6.92 Å². The molecule has 7 nitrogen and oxygen atoms in total. The van der Waals surface area contributed by atoms with Crippen molar-refractivity contribution in [2.45, 2.75) is 70.2 Å². The third-order valence-corrected chi connectivity index (χ3v) is 6.76. The molecule has 1 amide bonds. The van der Waals surface area contributed by atoms with Gasteiger partial charge in [0.1, 0.15) is 0 Å². The monoisotopic (exact) mass is 405 g/mol. The molecule has 0 unspecified atom stereocenters. The molecular weight excluding hydrogens is 378 g/mol. The van der Waals surface area contributed by atoms with Crippen molar-refractivity contribution in [3.8, 4) is 11.1 Å². The van der Waals surface area contributed by atoms with Crippen molar-refractivity contribution in [1.82, 2.24) is 9.88 Å². The van der Waals surface area contributed by atoms with Crippen molar-refractivity contribution >= 4 is 21.8 Å². The molecule has 0 spiro atoms. The van der Waals surface area contributed by atoms with Crippen molar-refractivity contribution < 1.29 is 17.7 Å². The lowest BCUT2D eigenvalue weighted by molar-refractivity contribution is -0.114. The molecule has 0 saturated heterocycles. The number of carbonyl (C=O) groups excluding carboxylic acids is 1. The topological polar surface area (TPSA) is 101 Å². The molecule has 152 valence electrons. The maximum Gasteiger partial charge on any atom is 0.241 e. The number of aryl methyl sites for hydroxylation is 2. The zero-order valence-electron chi connectivity index (χ0n) is 16.5. The van der Waals surface area contributed by atoms with Crippen LogP contribution in [0.25, 0.3) is 11.1 Å². The number of rotatable bonds is 5. The average Bonchev–Trinajstić information content (AvgIpc) is 2.81. The normalized spacial score (nSPS) is 16.0. The lowest BCUT2D eigenvalue weighted by Gasteiger charge is -2.18. The zero-order chi connectivity index (χ0) is 20.3. The van der Waals surface area contributed by atoms with Gasteiger partial charge in [-0.25, -0.2) is 13.1 Å². The van der Waals surface area contributed by atoms with Crippen LogP contribution < -0.4 is 10.0 Å². The van der Waals surface area contributed by atoms with Crippen LogP contribution in [-0.2, 0) is 14.8 Å². The number of aromatic nitrogens is 1. The standard InChI is InChI=1S/C20H27N3O4S/c1-13-10-11-16(19-14(2)22-27-20(19)21-15(3)24)12-18(13)28(25,26)23-17-8-6-4-5-7-9-17/h10-12,17,23H,4-9H2,1-3H3,(H,21,24). The molecule has 0 aliphatic heterocycles. The highest BCUT2D eigenvalue weighted by molar-refractivity contribution is 7.89. The van der Waals surface area contributed by atoms with Gasteiger partial charge in [0.15, 0.2) is 0 Å². The number of carbonyl (C=O) groups is 1. The molecule has 1 aromatic heterocycles. The fourth-order valence-electron chi connectivity index (χ4n) is 3.68. The lowest BCUT2D eigenvalue weighted by Crippen LogP contribution is -2.34. The van der Waals surface area contributed by atoms with Crippen LogP contribution >= 0.6 is 0 Å².